The van der Waals surface area contributed by atoms with E-state index in [4.69, 9.17) is 5.10 Å². The van der Waals surface area contributed by atoms with Gasteiger partial charge >= 0.3 is 0 Å². The molecule has 4 amide bonds. The number of aryl methyl sites for hydroxylation is 1. The number of likely N-dealkylation sites (tertiary alicyclic amines) is 1. The largest absolute Gasteiger partial charge is 0.372 e. The molecule has 10 rings (SSSR count). The van der Waals surface area contributed by atoms with Crippen molar-refractivity contribution in [2.24, 2.45) is 0 Å². The number of hydrogen-bond donors (Lipinski definition) is 3. The minimum Gasteiger partial charge on any atom is -0.372 e. The highest BCUT2D eigenvalue weighted by Crippen LogP contribution is 2.40. The van der Waals surface area contributed by atoms with E-state index in [0.717, 1.165) is 36.3 Å². The molecule has 3 atom stereocenters. The quantitative estimate of drug-likeness (QED) is 0.148. The molecule has 0 bridgehead atoms. The van der Waals surface area contributed by atoms with Crippen LogP contribution in [0, 0.1) is 5.82 Å². The zero-order chi connectivity index (χ0) is 44.8. The van der Waals surface area contributed by atoms with E-state index < -0.39 is 42.2 Å². The molecule has 336 valence electrons. The number of nitrogens with zero attached hydrogens (tertiary/aromatic N) is 9. The normalized spacial score (nSPS) is 20.4. The molecule has 3 unspecified atom stereocenters. The number of halogens is 3. The Bertz CT molecular complexity index is 2750. The van der Waals surface area contributed by atoms with Crippen molar-refractivity contribution >= 4 is 62.4 Å². The van der Waals surface area contributed by atoms with E-state index in [1.807, 2.05) is 28.8 Å². The van der Waals surface area contributed by atoms with Crippen LogP contribution in [-0.2, 0) is 32.1 Å². The monoisotopic (exact) mass is 906 g/mol. The molecule has 4 aliphatic heterocycles. The Morgan fingerprint density at radius 2 is 1.77 bits per heavy atom. The fraction of sp³-hybridized carbons (Fsp3) is 0.378. The fourth-order valence-corrected chi connectivity index (χ4v) is 9.90. The number of rotatable bonds is 11. The summed E-state index contributed by atoms with van der Waals surface area (Å²) >= 11 is 1.30. The number of carbonyl (C=O) groups excluding carboxylic acids is 4. The average Bonchev–Trinajstić information content (AvgIpc) is 4.13. The lowest BCUT2D eigenvalue weighted by Crippen LogP contribution is -2.54. The molecule has 0 aliphatic carbocycles. The zero-order valence-electron chi connectivity index (χ0n) is 35.1. The number of imide groups is 1. The highest BCUT2D eigenvalue weighted by molar-refractivity contribution is 7.13. The van der Waals surface area contributed by atoms with E-state index in [9.17, 15) is 19.2 Å². The van der Waals surface area contributed by atoms with Crippen LogP contribution in [0.4, 0.5) is 29.7 Å². The van der Waals surface area contributed by atoms with E-state index >= 15 is 13.2 Å². The molecular formula is C45H45F3N12O4S. The van der Waals surface area contributed by atoms with Gasteiger partial charge in [0, 0.05) is 74.0 Å². The number of pyridine rings is 1. The van der Waals surface area contributed by atoms with Crippen molar-refractivity contribution in [2.75, 3.05) is 61.3 Å². The molecule has 0 radical (unpaired) electrons. The predicted molar refractivity (Wildman–Crippen MR) is 236 cm³/mol. The van der Waals surface area contributed by atoms with Crippen LogP contribution in [0.2, 0.25) is 0 Å². The smallest absolute Gasteiger partial charge is 0.268 e. The molecule has 0 spiro atoms. The molecule has 20 heteroatoms. The van der Waals surface area contributed by atoms with Crippen LogP contribution in [-0.4, -0.2) is 121 Å². The number of amides is 4. The van der Waals surface area contributed by atoms with Crippen LogP contribution in [0.15, 0.2) is 78.8 Å². The van der Waals surface area contributed by atoms with Crippen molar-refractivity contribution in [3.05, 3.63) is 102 Å². The van der Waals surface area contributed by atoms with Crippen LogP contribution < -0.4 is 20.9 Å². The summed E-state index contributed by atoms with van der Waals surface area (Å²) in [4.78, 5) is 69.2. The van der Waals surface area contributed by atoms with Crippen molar-refractivity contribution in [3.63, 3.8) is 0 Å². The van der Waals surface area contributed by atoms with Crippen LogP contribution >= 0.6 is 11.3 Å². The summed E-state index contributed by atoms with van der Waals surface area (Å²) in [6.07, 6.45) is 8.72. The molecular weight excluding hydrogens is 862 g/mol. The van der Waals surface area contributed by atoms with Crippen molar-refractivity contribution in [1.82, 2.24) is 44.4 Å². The minimum atomic E-state index is -3.11. The first kappa shape index (κ1) is 42.3. The number of anilines is 3. The molecule has 16 nitrogen and oxygen atoms in total. The van der Waals surface area contributed by atoms with Gasteiger partial charge in [-0.3, -0.25) is 44.4 Å². The number of alkyl halides is 2. The fourth-order valence-electron chi connectivity index (χ4n) is 9.37. The molecule has 2 aromatic carbocycles. The molecule has 3 fully saturated rings. The first-order valence-electron chi connectivity index (χ1n) is 21.7. The minimum absolute atomic E-state index is 0.107. The molecule has 3 saturated heterocycles. The van der Waals surface area contributed by atoms with Gasteiger partial charge in [-0.2, -0.15) is 5.10 Å². The lowest BCUT2D eigenvalue weighted by Gasteiger charge is -2.40. The SMILES string of the molecule is O=C1CCC(Nc2ccc(C3CCN(CC(=O)N4CCN(c5ccc(-c6cc(F)c7cn(C(C(=O)Nc8nccs8)c8ncn9c8CCC9)nc7c6)cc5)CC4)CC3(F)F)nc2)C(=O)N1. The standard InChI is InChI=1S/C45H45F3N12O4S/c46-33-20-28(21-36-31(33)23-60(55-36)41(43(64)54-44-49-12-19-65-44)40-37-2-1-13-59(37)26-51-40)27-3-6-30(7-4-27)57-15-17-58(18-16-57)39(62)24-56-14-11-32(45(47,48)25-56)34-8-5-29(22-50-34)52-35-9-10-38(61)53-42(35)63/h3-8,12,19-23,26,32,35,41,52H,1-2,9-11,13-18,24-25H2,(H,49,54,64)(H,53,61,63). The van der Waals surface area contributed by atoms with Gasteiger partial charge in [-0.15, -0.1) is 11.3 Å². The van der Waals surface area contributed by atoms with Gasteiger partial charge in [0.15, 0.2) is 11.2 Å². The lowest BCUT2D eigenvalue weighted by atomic mass is 9.89. The first-order valence-corrected chi connectivity index (χ1v) is 22.6. The Morgan fingerprint density at radius 1 is 0.938 bits per heavy atom. The summed E-state index contributed by atoms with van der Waals surface area (Å²) in [5.74, 6) is -6.02. The number of aromatic nitrogens is 6. The van der Waals surface area contributed by atoms with Crippen LogP contribution in [0.1, 0.15) is 54.7 Å². The number of imidazole rings is 1. The third kappa shape index (κ3) is 8.66. The second-order valence-electron chi connectivity index (χ2n) is 16.9. The number of hydrogen-bond acceptors (Lipinski definition) is 12. The van der Waals surface area contributed by atoms with E-state index in [2.05, 4.69) is 35.8 Å². The second kappa shape index (κ2) is 17.4. The Balaban J connectivity index is 0.743. The van der Waals surface area contributed by atoms with Crippen LogP contribution in [0.3, 0.4) is 0 Å². The molecule has 4 aromatic heterocycles. The molecule has 65 heavy (non-hydrogen) atoms. The molecule has 0 saturated carbocycles. The van der Waals surface area contributed by atoms with Gasteiger partial charge in [0.1, 0.15) is 11.9 Å². The third-order valence-electron chi connectivity index (χ3n) is 12.8. The average molecular weight is 907 g/mol. The Morgan fingerprint density at radius 3 is 2.51 bits per heavy atom. The number of piperidine rings is 2. The van der Waals surface area contributed by atoms with Crippen LogP contribution in [0.25, 0.3) is 22.0 Å². The first-order chi connectivity index (χ1) is 31.5. The van der Waals surface area contributed by atoms with Crippen molar-refractivity contribution in [2.45, 2.75) is 62.6 Å². The van der Waals surface area contributed by atoms with E-state index in [1.54, 1.807) is 41.1 Å². The topological polar surface area (TPSA) is 176 Å². The number of nitrogens with one attached hydrogen (secondary N) is 3. The number of benzene rings is 2. The maximum Gasteiger partial charge on any atom is 0.268 e. The van der Waals surface area contributed by atoms with E-state index in [-0.39, 0.29) is 48.2 Å². The van der Waals surface area contributed by atoms with Crippen LogP contribution in [0.5, 0.6) is 0 Å². The van der Waals surface area contributed by atoms with Gasteiger partial charge in [0.2, 0.25) is 17.7 Å². The number of thiazole rings is 1. The number of carbonyl (C=O) groups is 4. The van der Waals surface area contributed by atoms with E-state index in [0.29, 0.717) is 66.7 Å². The summed E-state index contributed by atoms with van der Waals surface area (Å²) in [5, 5.41) is 15.4. The number of piperazine rings is 1. The van der Waals surface area contributed by atoms with Gasteiger partial charge in [-0.25, -0.2) is 23.1 Å². The second-order valence-corrected chi connectivity index (χ2v) is 17.8. The van der Waals surface area contributed by atoms with Gasteiger partial charge in [-0.1, -0.05) is 12.1 Å². The Hall–Kier alpha value is -6.67. The molecule has 3 N–H and O–H groups in total. The van der Waals surface area contributed by atoms with Gasteiger partial charge in [0.25, 0.3) is 11.8 Å². The molecule has 8 heterocycles. The van der Waals surface area contributed by atoms with E-state index in [1.165, 1.54) is 39.2 Å². The van der Waals surface area contributed by atoms with Crippen molar-refractivity contribution < 1.29 is 32.3 Å². The lowest BCUT2D eigenvalue weighted by molar-refractivity contribution is -0.137. The van der Waals surface area contributed by atoms with Gasteiger partial charge in [0.05, 0.1) is 53.8 Å². The maximum atomic E-state index is 15.8. The molecule has 6 aromatic rings. The zero-order valence-corrected chi connectivity index (χ0v) is 35.9. The summed E-state index contributed by atoms with van der Waals surface area (Å²) in [5.41, 5.74) is 5.00. The summed E-state index contributed by atoms with van der Waals surface area (Å²) in [7, 11) is 0. The predicted octanol–water partition coefficient (Wildman–Crippen LogP) is 5.06. The highest BCUT2D eigenvalue weighted by atomic mass is 32.1. The Kier molecular flexibility index (Phi) is 11.3. The van der Waals surface area contributed by atoms with Gasteiger partial charge < -0.3 is 19.7 Å². The summed E-state index contributed by atoms with van der Waals surface area (Å²) in [6.45, 7) is 2.44. The Labute approximate surface area is 374 Å². The highest BCUT2D eigenvalue weighted by Gasteiger charge is 2.46. The summed E-state index contributed by atoms with van der Waals surface area (Å²) < 4.78 is 50.5. The summed E-state index contributed by atoms with van der Waals surface area (Å²) in [6, 6.07) is 12.6. The number of fused-ring (bicyclic) bond motifs is 2. The maximum absolute atomic E-state index is 15.8. The molecule has 4 aliphatic rings. The van der Waals surface area contributed by atoms with Gasteiger partial charge in [-0.05, 0) is 79.8 Å². The van der Waals surface area contributed by atoms with Crippen molar-refractivity contribution in [1.29, 1.82) is 0 Å². The van der Waals surface area contributed by atoms with Crippen molar-refractivity contribution in [3.8, 4) is 11.1 Å². The third-order valence-corrected chi connectivity index (χ3v) is 13.5.